The lowest BCUT2D eigenvalue weighted by Crippen LogP contribution is -2.50. The average Bonchev–Trinajstić information content (AvgIpc) is 2.79. The van der Waals surface area contributed by atoms with E-state index in [9.17, 15) is 9.59 Å². The van der Waals surface area contributed by atoms with Gasteiger partial charge in [0.1, 0.15) is 11.8 Å². The van der Waals surface area contributed by atoms with Crippen molar-refractivity contribution in [3.63, 3.8) is 0 Å². The molecule has 0 aromatic heterocycles. The normalized spacial score (nSPS) is 15.2. The molecule has 5 nitrogen and oxygen atoms in total. The standard InChI is InChI=1S/C26H34N2O3/c1-19-9-11-21(12-10-19)17-25(29)28(18-22-13-15-24(31-3)16-14-22)20(2)26(30)27-23-7-5-4-6-8-23/h9-16,20,23H,4-8,17-18H2,1-3H3,(H,27,30). The number of hydrogen-bond acceptors (Lipinski definition) is 3. The number of hydrogen-bond donors (Lipinski definition) is 1. The molecule has 1 saturated carbocycles. The molecule has 0 spiro atoms. The Morgan fingerprint density at radius 2 is 1.61 bits per heavy atom. The minimum Gasteiger partial charge on any atom is -0.497 e. The molecule has 1 aliphatic carbocycles. The van der Waals surface area contributed by atoms with Crippen LogP contribution in [0, 0.1) is 6.92 Å². The molecule has 0 radical (unpaired) electrons. The first-order chi connectivity index (χ1) is 15.0. The summed E-state index contributed by atoms with van der Waals surface area (Å²) >= 11 is 0. The number of carbonyl (C=O) groups excluding carboxylic acids is 2. The summed E-state index contributed by atoms with van der Waals surface area (Å²) in [6.45, 7) is 4.24. The van der Waals surface area contributed by atoms with Gasteiger partial charge in [-0.1, -0.05) is 61.2 Å². The predicted molar refractivity (Wildman–Crippen MR) is 123 cm³/mol. The summed E-state index contributed by atoms with van der Waals surface area (Å²) in [5.41, 5.74) is 3.08. The minimum atomic E-state index is -0.540. The number of carbonyl (C=O) groups is 2. The fraction of sp³-hybridized carbons (Fsp3) is 0.462. The van der Waals surface area contributed by atoms with E-state index in [1.165, 1.54) is 6.42 Å². The number of benzene rings is 2. The Morgan fingerprint density at radius 3 is 2.23 bits per heavy atom. The van der Waals surface area contributed by atoms with Gasteiger partial charge in [-0.05, 0) is 49.9 Å². The van der Waals surface area contributed by atoms with Crippen LogP contribution in [-0.4, -0.2) is 35.9 Å². The van der Waals surface area contributed by atoms with Gasteiger partial charge in [-0.3, -0.25) is 9.59 Å². The summed E-state index contributed by atoms with van der Waals surface area (Å²) in [6, 6.07) is 15.3. The van der Waals surface area contributed by atoms with E-state index in [0.717, 1.165) is 48.1 Å². The molecule has 0 saturated heterocycles. The van der Waals surface area contributed by atoms with E-state index in [0.29, 0.717) is 6.54 Å². The van der Waals surface area contributed by atoms with Crippen LogP contribution < -0.4 is 10.1 Å². The van der Waals surface area contributed by atoms with Crippen molar-refractivity contribution >= 4 is 11.8 Å². The number of aryl methyl sites for hydroxylation is 1. The van der Waals surface area contributed by atoms with Crippen molar-refractivity contribution in [3.8, 4) is 5.75 Å². The Bertz CT molecular complexity index is 855. The smallest absolute Gasteiger partial charge is 0.242 e. The molecule has 2 aromatic carbocycles. The van der Waals surface area contributed by atoms with Gasteiger partial charge >= 0.3 is 0 Å². The van der Waals surface area contributed by atoms with Gasteiger partial charge < -0.3 is 15.0 Å². The largest absolute Gasteiger partial charge is 0.497 e. The van der Waals surface area contributed by atoms with Crippen LogP contribution in [0.4, 0.5) is 0 Å². The fourth-order valence-corrected chi connectivity index (χ4v) is 4.06. The number of nitrogens with one attached hydrogen (secondary N) is 1. The molecule has 1 atom stereocenters. The highest BCUT2D eigenvalue weighted by Crippen LogP contribution is 2.19. The highest BCUT2D eigenvalue weighted by molar-refractivity contribution is 5.88. The molecule has 0 heterocycles. The Hall–Kier alpha value is -2.82. The highest BCUT2D eigenvalue weighted by Gasteiger charge is 2.28. The van der Waals surface area contributed by atoms with Gasteiger partial charge in [0.25, 0.3) is 0 Å². The zero-order valence-electron chi connectivity index (χ0n) is 18.9. The van der Waals surface area contributed by atoms with Gasteiger partial charge in [0, 0.05) is 12.6 Å². The molecule has 0 bridgehead atoms. The Morgan fingerprint density at radius 1 is 1.00 bits per heavy atom. The monoisotopic (exact) mass is 422 g/mol. The first-order valence-corrected chi connectivity index (χ1v) is 11.2. The van der Waals surface area contributed by atoms with Crippen LogP contribution in [0.5, 0.6) is 5.75 Å². The molecule has 3 rings (SSSR count). The van der Waals surface area contributed by atoms with E-state index in [1.807, 2.05) is 62.4 Å². The maximum Gasteiger partial charge on any atom is 0.242 e. The Labute approximate surface area is 185 Å². The van der Waals surface area contributed by atoms with Gasteiger partial charge in [-0.15, -0.1) is 0 Å². The van der Waals surface area contributed by atoms with Crippen molar-refractivity contribution < 1.29 is 14.3 Å². The predicted octanol–water partition coefficient (Wildman–Crippen LogP) is 4.41. The van der Waals surface area contributed by atoms with Gasteiger partial charge in [-0.25, -0.2) is 0 Å². The topological polar surface area (TPSA) is 58.6 Å². The summed E-state index contributed by atoms with van der Waals surface area (Å²) in [7, 11) is 1.63. The lowest BCUT2D eigenvalue weighted by molar-refractivity contribution is -0.140. The summed E-state index contributed by atoms with van der Waals surface area (Å²) in [5, 5.41) is 3.18. The van der Waals surface area contributed by atoms with Crippen LogP contribution in [0.3, 0.4) is 0 Å². The molecule has 1 fully saturated rings. The summed E-state index contributed by atoms with van der Waals surface area (Å²) in [4.78, 5) is 28.0. The Balaban J connectivity index is 1.74. The zero-order chi connectivity index (χ0) is 22.2. The van der Waals surface area contributed by atoms with Crippen LogP contribution in [-0.2, 0) is 22.6 Å². The lowest BCUT2D eigenvalue weighted by atomic mass is 9.95. The molecule has 2 aromatic rings. The number of methoxy groups -OCH3 is 1. The van der Waals surface area contributed by atoms with E-state index in [4.69, 9.17) is 4.74 Å². The zero-order valence-corrected chi connectivity index (χ0v) is 18.9. The van der Waals surface area contributed by atoms with E-state index in [1.54, 1.807) is 12.0 Å². The molecule has 2 amide bonds. The second-order valence-electron chi connectivity index (χ2n) is 8.55. The lowest BCUT2D eigenvalue weighted by Gasteiger charge is -2.31. The van der Waals surface area contributed by atoms with E-state index < -0.39 is 6.04 Å². The maximum atomic E-state index is 13.3. The first-order valence-electron chi connectivity index (χ1n) is 11.2. The van der Waals surface area contributed by atoms with E-state index >= 15 is 0 Å². The summed E-state index contributed by atoms with van der Waals surface area (Å²) < 4.78 is 5.24. The molecular weight excluding hydrogens is 388 g/mol. The average molecular weight is 423 g/mol. The van der Waals surface area contributed by atoms with Gasteiger partial charge in [-0.2, -0.15) is 0 Å². The van der Waals surface area contributed by atoms with Crippen LogP contribution in [0.2, 0.25) is 0 Å². The highest BCUT2D eigenvalue weighted by atomic mass is 16.5. The maximum absolute atomic E-state index is 13.3. The Kier molecular flexibility index (Phi) is 8.10. The van der Waals surface area contributed by atoms with Crippen LogP contribution in [0.25, 0.3) is 0 Å². The van der Waals surface area contributed by atoms with Crippen LogP contribution in [0.1, 0.15) is 55.7 Å². The van der Waals surface area contributed by atoms with Gasteiger partial charge in [0.15, 0.2) is 0 Å². The third kappa shape index (κ3) is 6.58. The van der Waals surface area contributed by atoms with Crippen molar-refractivity contribution in [2.75, 3.05) is 7.11 Å². The summed E-state index contributed by atoms with van der Waals surface area (Å²) in [5.74, 6) is 0.646. The van der Waals surface area contributed by atoms with Gasteiger partial charge in [0.2, 0.25) is 11.8 Å². The molecule has 166 valence electrons. The quantitative estimate of drug-likeness (QED) is 0.685. The second kappa shape index (κ2) is 11.0. The molecular formula is C26H34N2O3. The van der Waals surface area contributed by atoms with E-state index in [2.05, 4.69) is 5.32 Å². The molecule has 1 N–H and O–H groups in total. The van der Waals surface area contributed by atoms with Crippen molar-refractivity contribution in [1.82, 2.24) is 10.2 Å². The third-order valence-electron chi connectivity index (χ3n) is 6.11. The van der Waals surface area contributed by atoms with Crippen molar-refractivity contribution in [2.24, 2.45) is 0 Å². The minimum absolute atomic E-state index is 0.0500. The van der Waals surface area contributed by atoms with Crippen molar-refractivity contribution in [2.45, 2.75) is 71.0 Å². The summed E-state index contributed by atoms with van der Waals surface area (Å²) in [6.07, 6.45) is 5.86. The number of ether oxygens (including phenoxy) is 1. The number of amides is 2. The molecule has 1 unspecified atom stereocenters. The number of rotatable bonds is 8. The number of nitrogens with zero attached hydrogens (tertiary/aromatic N) is 1. The molecule has 31 heavy (non-hydrogen) atoms. The second-order valence-corrected chi connectivity index (χ2v) is 8.55. The van der Waals surface area contributed by atoms with Crippen molar-refractivity contribution in [3.05, 3.63) is 65.2 Å². The van der Waals surface area contributed by atoms with Gasteiger partial charge in [0.05, 0.1) is 13.5 Å². The molecule has 1 aliphatic rings. The van der Waals surface area contributed by atoms with Crippen LogP contribution in [0.15, 0.2) is 48.5 Å². The first kappa shape index (κ1) is 22.9. The molecule has 0 aliphatic heterocycles. The third-order valence-corrected chi connectivity index (χ3v) is 6.11. The fourth-order valence-electron chi connectivity index (χ4n) is 4.06. The molecule has 5 heteroatoms. The van der Waals surface area contributed by atoms with Crippen LogP contribution >= 0.6 is 0 Å². The van der Waals surface area contributed by atoms with E-state index in [-0.39, 0.29) is 24.3 Å². The van der Waals surface area contributed by atoms with Crippen molar-refractivity contribution in [1.29, 1.82) is 0 Å². The SMILES string of the molecule is COc1ccc(CN(C(=O)Cc2ccc(C)cc2)C(C)C(=O)NC2CCCCC2)cc1.